The van der Waals surface area contributed by atoms with Crippen molar-refractivity contribution in [2.24, 2.45) is 0 Å². The minimum Gasteiger partial charge on any atom is -0.452 e. The van der Waals surface area contributed by atoms with Crippen LogP contribution < -0.4 is 10.1 Å². The van der Waals surface area contributed by atoms with E-state index in [4.69, 9.17) is 16.3 Å². The van der Waals surface area contributed by atoms with Gasteiger partial charge in [-0.05, 0) is 12.1 Å². The normalized spacial score (nSPS) is 10.1. The number of carbonyl (C=O) groups is 1. The van der Waals surface area contributed by atoms with Crippen LogP contribution in [-0.2, 0) is 0 Å². The smallest absolute Gasteiger partial charge is 0.274 e. The number of carbonyl (C=O) groups excluding carboxylic acids is 1. The molecular formula is C15H10ClN5O2. The van der Waals surface area contributed by atoms with Gasteiger partial charge in [0.25, 0.3) is 5.91 Å². The highest BCUT2D eigenvalue weighted by Gasteiger charge is 2.09. The van der Waals surface area contributed by atoms with Gasteiger partial charge in [-0.15, -0.1) is 0 Å². The summed E-state index contributed by atoms with van der Waals surface area (Å²) < 4.78 is 5.55. The number of aromatic nitrogens is 4. The summed E-state index contributed by atoms with van der Waals surface area (Å²) in [5, 5.41) is 3.11. The molecule has 0 aliphatic carbocycles. The molecule has 0 saturated heterocycles. The van der Waals surface area contributed by atoms with Gasteiger partial charge in [0.1, 0.15) is 17.8 Å². The zero-order valence-corrected chi connectivity index (χ0v) is 12.4. The summed E-state index contributed by atoms with van der Waals surface area (Å²) in [5.41, 5.74) is 0.673. The van der Waals surface area contributed by atoms with Crippen molar-refractivity contribution in [3.05, 3.63) is 66.2 Å². The van der Waals surface area contributed by atoms with Gasteiger partial charge in [0.05, 0.1) is 30.5 Å². The molecule has 114 valence electrons. The number of nitrogens with zero attached hydrogens (tertiary/aromatic N) is 4. The number of ether oxygens (including phenoxy) is 1. The summed E-state index contributed by atoms with van der Waals surface area (Å²) in [6.45, 7) is 0. The fourth-order valence-electron chi connectivity index (χ4n) is 1.74. The lowest BCUT2D eigenvalue weighted by atomic mass is 10.3. The Hall–Kier alpha value is -3.06. The second kappa shape index (κ2) is 6.80. The molecule has 0 unspecified atom stereocenters. The first kappa shape index (κ1) is 14.9. The van der Waals surface area contributed by atoms with Gasteiger partial charge >= 0.3 is 0 Å². The molecule has 0 bridgehead atoms. The summed E-state index contributed by atoms with van der Waals surface area (Å²) >= 11 is 5.84. The van der Waals surface area contributed by atoms with Crippen LogP contribution in [0, 0.1) is 0 Å². The van der Waals surface area contributed by atoms with Crippen LogP contribution in [0.2, 0.25) is 5.02 Å². The molecular weight excluding hydrogens is 318 g/mol. The molecule has 0 saturated carbocycles. The summed E-state index contributed by atoms with van der Waals surface area (Å²) in [6, 6.07) is 4.70. The summed E-state index contributed by atoms with van der Waals surface area (Å²) in [4.78, 5) is 27.8. The first-order chi connectivity index (χ1) is 11.2. The summed E-state index contributed by atoms with van der Waals surface area (Å²) in [7, 11) is 0. The van der Waals surface area contributed by atoms with Crippen molar-refractivity contribution < 1.29 is 9.53 Å². The number of amides is 1. The summed E-state index contributed by atoms with van der Waals surface area (Å²) in [5.74, 6) is 0.514. The number of hydrogen-bond donors (Lipinski definition) is 1. The second-order valence-electron chi connectivity index (χ2n) is 4.40. The zero-order valence-electron chi connectivity index (χ0n) is 11.7. The molecule has 0 spiro atoms. The van der Waals surface area contributed by atoms with Crippen LogP contribution in [0.15, 0.2) is 55.5 Å². The SMILES string of the molecule is O=C(Nc1cncc(Oc2cncnc2)c1)c1cc(Cl)ccn1. The van der Waals surface area contributed by atoms with E-state index in [9.17, 15) is 4.79 Å². The molecule has 0 radical (unpaired) electrons. The van der Waals surface area contributed by atoms with Crippen LogP contribution in [0.3, 0.4) is 0 Å². The fourth-order valence-corrected chi connectivity index (χ4v) is 1.90. The highest BCUT2D eigenvalue weighted by molar-refractivity contribution is 6.30. The molecule has 23 heavy (non-hydrogen) atoms. The minimum atomic E-state index is -0.394. The lowest BCUT2D eigenvalue weighted by molar-refractivity contribution is 0.102. The molecule has 0 aromatic carbocycles. The summed E-state index contributed by atoms with van der Waals surface area (Å²) in [6.07, 6.45) is 8.92. The van der Waals surface area contributed by atoms with Crippen molar-refractivity contribution in [3.63, 3.8) is 0 Å². The predicted octanol–water partition coefficient (Wildman–Crippen LogP) is 2.96. The van der Waals surface area contributed by atoms with Gasteiger partial charge in [-0.3, -0.25) is 14.8 Å². The Morgan fingerprint density at radius 3 is 2.61 bits per heavy atom. The number of hydrogen-bond acceptors (Lipinski definition) is 6. The van der Waals surface area contributed by atoms with E-state index in [1.165, 1.54) is 43.4 Å². The maximum Gasteiger partial charge on any atom is 0.274 e. The van der Waals surface area contributed by atoms with Gasteiger partial charge in [0.15, 0.2) is 5.75 Å². The molecule has 3 aromatic rings. The lowest BCUT2D eigenvalue weighted by Gasteiger charge is -2.07. The van der Waals surface area contributed by atoms with Crippen molar-refractivity contribution in [2.75, 3.05) is 5.32 Å². The van der Waals surface area contributed by atoms with Gasteiger partial charge in [0.2, 0.25) is 0 Å². The Morgan fingerprint density at radius 1 is 1.04 bits per heavy atom. The van der Waals surface area contributed by atoms with E-state index in [0.29, 0.717) is 22.2 Å². The maximum atomic E-state index is 12.1. The van der Waals surface area contributed by atoms with E-state index in [1.807, 2.05) is 0 Å². The lowest BCUT2D eigenvalue weighted by Crippen LogP contribution is -2.13. The largest absolute Gasteiger partial charge is 0.452 e. The van der Waals surface area contributed by atoms with Gasteiger partial charge in [-0.2, -0.15) is 0 Å². The van der Waals surface area contributed by atoms with E-state index in [-0.39, 0.29) is 5.69 Å². The second-order valence-corrected chi connectivity index (χ2v) is 4.84. The van der Waals surface area contributed by atoms with Crippen molar-refractivity contribution in [1.29, 1.82) is 0 Å². The van der Waals surface area contributed by atoms with Gasteiger partial charge < -0.3 is 10.1 Å². The van der Waals surface area contributed by atoms with Crippen molar-refractivity contribution in [2.45, 2.75) is 0 Å². The molecule has 0 aliphatic heterocycles. The highest BCUT2D eigenvalue weighted by Crippen LogP contribution is 2.22. The highest BCUT2D eigenvalue weighted by atomic mass is 35.5. The quantitative estimate of drug-likeness (QED) is 0.792. The van der Waals surface area contributed by atoms with Crippen molar-refractivity contribution >= 4 is 23.2 Å². The van der Waals surface area contributed by atoms with Crippen molar-refractivity contribution in [3.8, 4) is 11.5 Å². The Labute approximate surface area is 136 Å². The van der Waals surface area contributed by atoms with Crippen LogP contribution in [0.4, 0.5) is 5.69 Å². The molecule has 3 aromatic heterocycles. The number of anilines is 1. The molecule has 1 N–H and O–H groups in total. The van der Waals surface area contributed by atoms with E-state index >= 15 is 0 Å². The Kier molecular flexibility index (Phi) is 4.39. The van der Waals surface area contributed by atoms with E-state index < -0.39 is 5.91 Å². The first-order valence-corrected chi connectivity index (χ1v) is 6.89. The number of rotatable bonds is 4. The molecule has 3 heterocycles. The number of pyridine rings is 2. The molecule has 0 atom stereocenters. The third-order valence-electron chi connectivity index (χ3n) is 2.70. The molecule has 3 rings (SSSR count). The topological polar surface area (TPSA) is 89.9 Å². The number of nitrogens with one attached hydrogen (secondary N) is 1. The zero-order chi connectivity index (χ0) is 16.1. The monoisotopic (exact) mass is 327 g/mol. The van der Waals surface area contributed by atoms with Crippen LogP contribution >= 0.6 is 11.6 Å². The third kappa shape index (κ3) is 3.98. The van der Waals surface area contributed by atoms with Crippen LogP contribution in [0.1, 0.15) is 10.5 Å². The van der Waals surface area contributed by atoms with Gasteiger partial charge in [-0.25, -0.2) is 9.97 Å². The first-order valence-electron chi connectivity index (χ1n) is 6.51. The molecule has 8 heteroatoms. The van der Waals surface area contributed by atoms with E-state index in [2.05, 4.69) is 25.3 Å². The van der Waals surface area contributed by atoms with Crippen LogP contribution in [0.25, 0.3) is 0 Å². The Bertz CT molecular complexity index is 829. The number of halogens is 1. The third-order valence-corrected chi connectivity index (χ3v) is 2.93. The van der Waals surface area contributed by atoms with Crippen molar-refractivity contribution in [1.82, 2.24) is 19.9 Å². The van der Waals surface area contributed by atoms with Crippen LogP contribution in [-0.4, -0.2) is 25.8 Å². The predicted molar refractivity (Wildman–Crippen MR) is 83.5 cm³/mol. The average Bonchev–Trinajstić information content (AvgIpc) is 2.56. The average molecular weight is 328 g/mol. The molecule has 0 aliphatic rings. The molecule has 0 fully saturated rings. The van der Waals surface area contributed by atoms with Crippen LogP contribution in [0.5, 0.6) is 11.5 Å². The fraction of sp³-hybridized carbons (Fsp3) is 0. The molecule has 7 nitrogen and oxygen atoms in total. The maximum absolute atomic E-state index is 12.1. The van der Waals surface area contributed by atoms with Gasteiger partial charge in [0, 0.05) is 17.3 Å². The van der Waals surface area contributed by atoms with E-state index in [1.54, 1.807) is 12.1 Å². The Balaban J connectivity index is 1.74. The molecule has 1 amide bonds. The Morgan fingerprint density at radius 2 is 1.83 bits per heavy atom. The minimum absolute atomic E-state index is 0.209. The van der Waals surface area contributed by atoms with Gasteiger partial charge in [-0.1, -0.05) is 11.6 Å². The standard InChI is InChI=1S/C15H10ClN5O2/c16-10-1-2-20-14(3-10)15(22)21-11-4-12(6-17-5-11)23-13-7-18-9-19-8-13/h1-9H,(H,21,22). The van der Waals surface area contributed by atoms with E-state index in [0.717, 1.165) is 0 Å².